The van der Waals surface area contributed by atoms with Gasteiger partial charge in [-0.15, -0.1) is 0 Å². The third-order valence-corrected chi connectivity index (χ3v) is 6.05. The smallest absolute Gasteiger partial charge is 0.130 e. The minimum absolute atomic E-state index is 0.0914. The molecule has 26 heavy (non-hydrogen) atoms. The average molecular weight is 363 g/mol. The number of benzene rings is 1. The molecule has 1 aromatic carbocycles. The van der Waals surface area contributed by atoms with Crippen molar-refractivity contribution in [3.05, 3.63) is 29.6 Å². The molecule has 2 rings (SSSR count). The van der Waals surface area contributed by atoms with Crippen LogP contribution >= 0.6 is 0 Å². The maximum atomic E-state index is 14.3. The van der Waals surface area contributed by atoms with E-state index < -0.39 is 0 Å². The molecule has 1 saturated carbocycles. The van der Waals surface area contributed by atoms with Crippen LogP contribution < -0.4 is 4.74 Å². The van der Waals surface area contributed by atoms with Crippen molar-refractivity contribution in [2.45, 2.75) is 97.3 Å². The zero-order valence-corrected chi connectivity index (χ0v) is 17.1. The molecule has 1 aliphatic rings. The normalized spacial score (nSPS) is 20.3. The monoisotopic (exact) mass is 362 g/mol. The molecule has 0 aliphatic heterocycles. The van der Waals surface area contributed by atoms with Gasteiger partial charge in [-0.3, -0.25) is 0 Å². The van der Waals surface area contributed by atoms with E-state index in [0.717, 1.165) is 36.7 Å². The van der Waals surface area contributed by atoms with Gasteiger partial charge in [0, 0.05) is 6.07 Å². The maximum absolute atomic E-state index is 14.3. The van der Waals surface area contributed by atoms with Crippen molar-refractivity contribution in [1.82, 2.24) is 0 Å². The van der Waals surface area contributed by atoms with E-state index in [1.54, 1.807) is 6.07 Å². The summed E-state index contributed by atoms with van der Waals surface area (Å²) in [6.07, 6.45) is 16.4. The number of unbranched alkanes of at least 4 members (excludes halogenated alkanes) is 4. The Labute approximate surface area is 160 Å². The first-order valence-corrected chi connectivity index (χ1v) is 11.1. The van der Waals surface area contributed by atoms with Crippen molar-refractivity contribution in [2.75, 3.05) is 6.61 Å². The van der Waals surface area contributed by atoms with Crippen molar-refractivity contribution in [3.63, 3.8) is 0 Å². The molecule has 0 heterocycles. The summed E-state index contributed by atoms with van der Waals surface area (Å²) < 4.78 is 20.0. The topological polar surface area (TPSA) is 9.23 Å². The van der Waals surface area contributed by atoms with Crippen LogP contribution in [-0.4, -0.2) is 6.61 Å². The Balaban J connectivity index is 1.68. The van der Waals surface area contributed by atoms with Gasteiger partial charge in [0.2, 0.25) is 0 Å². The number of rotatable bonds is 12. The van der Waals surface area contributed by atoms with E-state index in [0.29, 0.717) is 12.4 Å². The Morgan fingerprint density at radius 2 is 1.54 bits per heavy atom. The molecular formula is C24H39FO. The molecule has 1 fully saturated rings. The van der Waals surface area contributed by atoms with Gasteiger partial charge >= 0.3 is 0 Å². The van der Waals surface area contributed by atoms with Crippen LogP contribution in [0.4, 0.5) is 4.39 Å². The van der Waals surface area contributed by atoms with Crippen molar-refractivity contribution < 1.29 is 9.13 Å². The lowest BCUT2D eigenvalue weighted by Crippen LogP contribution is -2.15. The van der Waals surface area contributed by atoms with Crippen LogP contribution in [0.1, 0.15) is 96.5 Å². The standard InChI is InChI=1S/C24H39FO/c1-3-5-7-9-20-10-12-21(13-11-20)14-15-22-16-17-23(19-24(22)25)26-18-8-6-4-2/h16-17,19-21H,3-15,18H2,1-2H3. The maximum Gasteiger partial charge on any atom is 0.130 e. The first kappa shape index (κ1) is 21.3. The molecule has 2 heteroatoms. The van der Waals surface area contributed by atoms with Crippen LogP contribution in [0.5, 0.6) is 5.75 Å². The fraction of sp³-hybridized carbons (Fsp3) is 0.750. The lowest BCUT2D eigenvalue weighted by atomic mass is 9.78. The third-order valence-electron chi connectivity index (χ3n) is 6.05. The van der Waals surface area contributed by atoms with Crippen LogP contribution in [0, 0.1) is 17.7 Å². The molecule has 0 spiro atoms. The summed E-state index contributed by atoms with van der Waals surface area (Å²) in [5.41, 5.74) is 0.857. The summed E-state index contributed by atoms with van der Waals surface area (Å²) in [4.78, 5) is 0. The highest BCUT2D eigenvalue weighted by Gasteiger charge is 2.21. The summed E-state index contributed by atoms with van der Waals surface area (Å²) in [5, 5.41) is 0. The number of aryl methyl sites for hydroxylation is 1. The highest BCUT2D eigenvalue weighted by molar-refractivity contribution is 5.29. The predicted octanol–water partition coefficient (Wildman–Crippen LogP) is 7.71. The molecule has 0 saturated heterocycles. The lowest BCUT2D eigenvalue weighted by Gasteiger charge is -2.28. The van der Waals surface area contributed by atoms with Crippen molar-refractivity contribution >= 4 is 0 Å². The number of hydrogen-bond donors (Lipinski definition) is 0. The highest BCUT2D eigenvalue weighted by Crippen LogP contribution is 2.34. The Morgan fingerprint density at radius 3 is 2.19 bits per heavy atom. The van der Waals surface area contributed by atoms with Gasteiger partial charge in [0.25, 0.3) is 0 Å². The van der Waals surface area contributed by atoms with Gasteiger partial charge in [0.1, 0.15) is 11.6 Å². The van der Waals surface area contributed by atoms with Gasteiger partial charge in [-0.1, -0.05) is 84.1 Å². The second-order valence-corrected chi connectivity index (χ2v) is 8.23. The van der Waals surface area contributed by atoms with Crippen LogP contribution in [0.25, 0.3) is 0 Å². The molecule has 1 nitrogen and oxygen atoms in total. The largest absolute Gasteiger partial charge is 0.493 e. The number of hydrogen-bond acceptors (Lipinski definition) is 1. The van der Waals surface area contributed by atoms with Crippen LogP contribution in [0.2, 0.25) is 0 Å². The zero-order valence-electron chi connectivity index (χ0n) is 17.1. The van der Waals surface area contributed by atoms with Crippen molar-refractivity contribution in [3.8, 4) is 5.75 Å². The second kappa shape index (κ2) is 12.4. The predicted molar refractivity (Wildman–Crippen MR) is 109 cm³/mol. The highest BCUT2D eigenvalue weighted by atomic mass is 19.1. The zero-order chi connectivity index (χ0) is 18.6. The number of halogens is 1. The summed E-state index contributed by atoms with van der Waals surface area (Å²) in [6, 6.07) is 5.45. The Morgan fingerprint density at radius 1 is 0.885 bits per heavy atom. The van der Waals surface area contributed by atoms with Crippen LogP contribution in [0.3, 0.4) is 0 Å². The van der Waals surface area contributed by atoms with E-state index in [-0.39, 0.29) is 5.82 Å². The molecule has 0 N–H and O–H groups in total. The molecule has 148 valence electrons. The molecule has 0 radical (unpaired) electrons. The van der Waals surface area contributed by atoms with E-state index >= 15 is 0 Å². The SMILES string of the molecule is CCCCCOc1ccc(CCC2CCC(CCCCC)CC2)c(F)c1. The fourth-order valence-electron chi connectivity index (χ4n) is 4.21. The first-order chi connectivity index (χ1) is 12.7. The van der Waals surface area contributed by atoms with Gasteiger partial charge in [-0.2, -0.15) is 0 Å². The molecule has 0 aromatic heterocycles. The molecular weight excluding hydrogens is 323 g/mol. The van der Waals surface area contributed by atoms with Crippen molar-refractivity contribution in [1.29, 1.82) is 0 Å². The summed E-state index contributed by atoms with van der Waals surface area (Å²) >= 11 is 0. The minimum Gasteiger partial charge on any atom is -0.493 e. The first-order valence-electron chi connectivity index (χ1n) is 11.1. The Kier molecular flexibility index (Phi) is 10.1. The summed E-state index contributed by atoms with van der Waals surface area (Å²) in [6.45, 7) is 5.14. The van der Waals surface area contributed by atoms with E-state index in [1.807, 2.05) is 12.1 Å². The summed E-state index contributed by atoms with van der Waals surface area (Å²) in [7, 11) is 0. The minimum atomic E-state index is -0.0914. The molecule has 0 bridgehead atoms. The molecule has 0 amide bonds. The third kappa shape index (κ3) is 7.68. The van der Waals surface area contributed by atoms with Crippen molar-refractivity contribution in [2.24, 2.45) is 11.8 Å². The van der Waals surface area contributed by atoms with Gasteiger partial charge in [0.15, 0.2) is 0 Å². The Bertz CT molecular complexity index is 491. The molecule has 0 atom stereocenters. The van der Waals surface area contributed by atoms with Gasteiger partial charge in [-0.05, 0) is 42.7 Å². The van der Waals surface area contributed by atoms with E-state index in [4.69, 9.17) is 4.74 Å². The van der Waals surface area contributed by atoms with Crippen LogP contribution in [0.15, 0.2) is 18.2 Å². The summed E-state index contributed by atoms with van der Waals surface area (Å²) in [5.74, 6) is 2.33. The average Bonchev–Trinajstić information content (AvgIpc) is 2.66. The second-order valence-electron chi connectivity index (χ2n) is 8.23. The lowest BCUT2D eigenvalue weighted by molar-refractivity contribution is 0.248. The van der Waals surface area contributed by atoms with E-state index in [2.05, 4.69) is 13.8 Å². The quantitative estimate of drug-likeness (QED) is 0.346. The fourth-order valence-corrected chi connectivity index (χ4v) is 4.21. The molecule has 1 aliphatic carbocycles. The van der Waals surface area contributed by atoms with E-state index in [1.165, 1.54) is 64.2 Å². The molecule has 0 unspecified atom stereocenters. The van der Waals surface area contributed by atoms with Crippen LogP contribution in [-0.2, 0) is 6.42 Å². The van der Waals surface area contributed by atoms with Gasteiger partial charge < -0.3 is 4.74 Å². The molecule has 1 aromatic rings. The van der Waals surface area contributed by atoms with E-state index in [9.17, 15) is 4.39 Å². The number of ether oxygens (including phenoxy) is 1. The van der Waals surface area contributed by atoms with Gasteiger partial charge in [0.05, 0.1) is 6.61 Å². The van der Waals surface area contributed by atoms with Gasteiger partial charge in [-0.25, -0.2) is 4.39 Å². The Hall–Kier alpha value is -1.05.